The summed E-state index contributed by atoms with van der Waals surface area (Å²) in [4.78, 5) is 0. The number of rotatable bonds is 7. The largest absolute Gasteiger partial charge is 0.313 e. The van der Waals surface area contributed by atoms with Crippen molar-refractivity contribution < 1.29 is 8.42 Å². The molecule has 1 N–H and O–H groups in total. The lowest BCUT2D eigenvalue weighted by atomic mass is 9.84. The molecule has 2 rings (SSSR count). The van der Waals surface area contributed by atoms with Crippen LogP contribution < -0.4 is 5.32 Å². The molecule has 0 bridgehead atoms. The van der Waals surface area contributed by atoms with Crippen LogP contribution in [0.4, 0.5) is 0 Å². The molecule has 1 atom stereocenters. The zero-order valence-electron chi connectivity index (χ0n) is 12.9. The van der Waals surface area contributed by atoms with E-state index in [1.54, 1.807) is 0 Å². The Balaban J connectivity index is 2.00. The van der Waals surface area contributed by atoms with Gasteiger partial charge >= 0.3 is 0 Å². The minimum absolute atomic E-state index is 0.115. The van der Waals surface area contributed by atoms with Gasteiger partial charge in [0.15, 0.2) is 9.84 Å². The molecule has 1 saturated carbocycles. The van der Waals surface area contributed by atoms with Crippen molar-refractivity contribution in [3.8, 4) is 0 Å². The maximum absolute atomic E-state index is 12.5. The average molecular weight is 309 g/mol. The summed E-state index contributed by atoms with van der Waals surface area (Å²) >= 11 is 0. The van der Waals surface area contributed by atoms with Crippen LogP contribution >= 0.6 is 0 Å². The summed E-state index contributed by atoms with van der Waals surface area (Å²) in [5.74, 6) is 0.937. The van der Waals surface area contributed by atoms with Crippen LogP contribution in [0.2, 0.25) is 0 Å². The molecule has 0 saturated heterocycles. The topological polar surface area (TPSA) is 46.2 Å². The normalized spacial score (nSPS) is 18.5. The fourth-order valence-corrected chi connectivity index (χ4v) is 5.08. The van der Waals surface area contributed by atoms with Crippen molar-refractivity contribution in [2.45, 2.75) is 50.8 Å². The van der Waals surface area contributed by atoms with Gasteiger partial charge in [-0.3, -0.25) is 0 Å². The Morgan fingerprint density at radius 2 is 1.81 bits per heavy atom. The predicted octanol–water partition coefficient (Wildman–Crippen LogP) is 3.16. The molecule has 1 aliphatic carbocycles. The zero-order valence-corrected chi connectivity index (χ0v) is 13.7. The number of benzene rings is 1. The van der Waals surface area contributed by atoms with Crippen LogP contribution in [0.5, 0.6) is 0 Å². The van der Waals surface area contributed by atoms with Crippen LogP contribution in [0.1, 0.15) is 44.6 Å². The van der Waals surface area contributed by atoms with Crippen molar-refractivity contribution in [1.29, 1.82) is 0 Å². The molecular formula is C17H27NO2S. The molecule has 4 heteroatoms. The summed E-state index contributed by atoms with van der Waals surface area (Å²) < 4.78 is 25.0. The molecule has 1 unspecified atom stereocenters. The minimum atomic E-state index is -3.07. The van der Waals surface area contributed by atoms with Gasteiger partial charge in [0.25, 0.3) is 0 Å². The maximum Gasteiger partial charge on any atom is 0.155 e. The van der Waals surface area contributed by atoms with Crippen molar-refractivity contribution in [1.82, 2.24) is 5.32 Å². The highest BCUT2D eigenvalue weighted by Gasteiger charge is 2.27. The molecule has 3 nitrogen and oxygen atoms in total. The van der Waals surface area contributed by atoms with Gasteiger partial charge in [0.05, 0.1) is 11.5 Å². The third kappa shape index (κ3) is 5.44. The van der Waals surface area contributed by atoms with E-state index in [2.05, 4.69) is 12.2 Å². The summed E-state index contributed by atoms with van der Waals surface area (Å²) in [6, 6.07) is 9.60. The smallest absolute Gasteiger partial charge is 0.155 e. The Bertz CT molecular complexity index is 507. The number of nitrogens with one attached hydrogen (secondary N) is 1. The van der Waals surface area contributed by atoms with Crippen molar-refractivity contribution >= 4 is 9.84 Å². The fraction of sp³-hybridized carbons (Fsp3) is 0.647. The zero-order chi connectivity index (χ0) is 15.1. The van der Waals surface area contributed by atoms with Gasteiger partial charge in [0.1, 0.15) is 0 Å². The maximum atomic E-state index is 12.5. The van der Waals surface area contributed by atoms with Gasteiger partial charge in [-0.25, -0.2) is 8.42 Å². The van der Waals surface area contributed by atoms with Crippen LogP contribution in [-0.4, -0.2) is 26.8 Å². The Kier molecular flexibility index (Phi) is 6.24. The average Bonchev–Trinajstić information content (AvgIpc) is 2.48. The lowest BCUT2D eigenvalue weighted by molar-refractivity contribution is 0.285. The molecule has 0 radical (unpaired) electrons. The van der Waals surface area contributed by atoms with Gasteiger partial charge in [-0.05, 0) is 30.9 Å². The number of hydrogen-bond donors (Lipinski definition) is 1. The second kappa shape index (κ2) is 7.95. The van der Waals surface area contributed by atoms with E-state index in [1.165, 1.54) is 32.1 Å². The second-order valence-corrected chi connectivity index (χ2v) is 8.21. The highest BCUT2D eigenvalue weighted by atomic mass is 32.2. The monoisotopic (exact) mass is 309 g/mol. The summed E-state index contributed by atoms with van der Waals surface area (Å²) in [5, 5.41) is 3.42. The van der Waals surface area contributed by atoms with Gasteiger partial charge in [-0.2, -0.15) is 0 Å². The van der Waals surface area contributed by atoms with Crippen LogP contribution in [0.25, 0.3) is 0 Å². The highest BCUT2D eigenvalue weighted by Crippen LogP contribution is 2.27. The van der Waals surface area contributed by atoms with Gasteiger partial charge in [0, 0.05) is 6.04 Å². The van der Waals surface area contributed by atoms with Crippen LogP contribution in [0, 0.1) is 5.92 Å². The minimum Gasteiger partial charge on any atom is -0.313 e. The first kappa shape index (κ1) is 16.5. The van der Waals surface area contributed by atoms with E-state index in [4.69, 9.17) is 0 Å². The molecule has 1 aromatic carbocycles. The number of sulfone groups is 1. The van der Waals surface area contributed by atoms with E-state index in [-0.39, 0.29) is 17.5 Å². The summed E-state index contributed by atoms with van der Waals surface area (Å²) in [5.41, 5.74) is 0.886. The molecule has 0 spiro atoms. The Morgan fingerprint density at radius 3 is 2.43 bits per heavy atom. The van der Waals surface area contributed by atoms with E-state index < -0.39 is 9.84 Å². The molecule has 0 aromatic heterocycles. The van der Waals surface area contributed by atoms with Crippen molar-refractivity contribution in [2.75, 3.05) is 12.3 Å². The molecule has 0 amide bonds. The molecular weight excluding hydrogens is 282 g/mol. The standard InChI is InChI=1S/C17H27NO2S/c1-2-18-17(16-11-7-4-8-12-16)14-21(19,20)13-15-9-5-3-6-10-15/h3,5-6,9-10,16-18H,2,4,7-8,11-14H2,1H3. The third-order valence-electron chi connectivity index (χ3n) is 4.35. The highest BCUT2D eigenvalue weighted by molar-refractivity contribution is 7.90. The molecule has 21 heavy (non-hydrogen) atoms. The van der Waals surface area contributed by atoms with Crippen molar-refractivity contribution in [2.24, 2.45) is 5.92 Å². The van der Waals surface area contributed by atoms with E-state index in [0.29, 0.717) is 5.92 Å². The quantitative estimate of drug-likeness (QED) is 0.841. The summed E-state index contributed by atoms with van der Waals surface area (Å²) in [7, 11) is -3.07. The van der Waals surface area contributed by atoms with Crippen molar-refractivity contribution in [3.05, 3.63) is 35.9 Å². The van der Waals surface area contributed by atoms with E-state index in [0.717, 1.165) is 12.1 Å². The van der Waals surface area contributed by atoms with E-state index in [1.807, 2.05) is 30.3 Å². The van der Waals surface area contributed by atoms with Gasteiger partial charge in [0.2, 0.25) is 0 Å². The first-order valence-corrected chi connectivity index (χ1v) is 9.90. The summed E-state index contributed by atoms with van der Waals surface area (Å²) in [6.45, 7) is 2.89. The van der Waals surface area contributed by atoms with Crippen LogP contribution in [0.3, 0.4) is 0 Å². The SMILES string of the molecule is CCNC(CS(=O)(=O)Cc1ccccc1)C1CCCCC1. The van der Waals surface area contributed by atoms with Crippen LogP contribution in [-0.2, 0) is 15.6 Å². The second-order valence-electron chi connectivity index (χ2n) is 6.10. The lowest BCUT2D eigenvalue weighted by Gasteiger charge is -2.30. The van der Waals surface area contributed by atoms with Gasteiger partial charge < -0.3 is 5.32 Å². The lowest BCUT2D eigenvalue weighted by Crippen LogP contribution is -2.42. The van der Waals surface area contributed by atoms with E-state index in [9.17, 15) is 8.42 Å². The Labute approximate surface area is 129 Å². The third-order valence-corrected chi connectivity index (χ3v) is 5.99. The molecule has 118 valence electrons. The first-order valence-electron chi connectivity index (χ1n) is 8.08. The van der Waals surface area contributed by atoms with Gasteiger partial charge in [-0.15, -0.1) is 0 Å². The predicted molar refractivity (Wildman–Crippen MR) is 88.0 cm³/mol. The Hall–Kier alpha value is -0.870. The van der Waals surface area contributed by atoms with E-state index >= 15 is 0 Å². The van der Waals surface area contributed by atoms with Crippen molar-refractivity contribution in [3.63, 3.8) is 0 Å². The molecule has 0 aliphatic heterocycles. The van der Waals surface area contributed by atoms with Gasteiger partial charge in [-0.1, -0.05) is 56.5 Å². The van der Waals surface area contributed by atoms with Crippen LogP contribution in [0.15, 0.2) is 30.3 Å². The molecule has 0 heterocycles. The Morgan fingerprint density at radius 1 is 1.14 bits per heavy atom. The first-order chi connectivity index (χ1) is 10.1. The summed E-state index contributed by atoms with van der Waals surface area (Å²) in [6.07, 6.45) is 6.11. The number of hydrogen-bond acceptors (Lipinski definition) is 3. The molecule has 1 aliphatic rings. The molecule has 1 fully saturated rings. The fourth-order valence-electron chi connectivity index (χ4n) is 3.32. The molecule has 1 aromatic rings.